The van der Waals surface area contributed by atoms with Gasteiger partial charge in [-0.15, -0.1) is 0 Å². The highest BCUT2D eigenvalue weighted by Crippen LogP contribution is 2.12. The fourth-order valence-corrected chi connectivity index (χ4v) is 1.20. The van der Waals surface area contributed by atoms with E-state index in [0.29, 0.717) is 13.2 Å². The Kier molecular flexibility index (Phi) is 3.86. The van der Waals surface area contributed by atoms with E-state index >= 15 is 0 Å². The van der Waals surface area contributed by atoms with Crippen LogP contribution in [-0.4, -0.2) is 42.5 Å². The van der Waals surface area contributed by atoms with Crippen LogP contribution in [0.4, 0.5) is 0 Å². The molecule has 1 rings (SSSR count). The first-order valence-electron chi connectivity index (χ1n) is 4.74. The molecule has 1 saturated heterocycles. The summed E-state index contributed by atoms with van der Waals surface area (Å²) in [6.07, 6.45) is 1.72. The number of hydrogen-bond donors (Lipinski definition) is 2. The van der Waals surface area contributed by atoms with Gasteiger partial charge in [-0.3, -0.25) is 4.79 Å². The summed E-state index contributed by atoms with van der Waals surface area (Å²) in [6.45, 7) is 2.86. The number of carboxylic acids is 1. The summed E-state index contributed by atoms with van der Waals surface area (Å²) in [4.78, 5) is 10.7. The van der Waals surface area contributed by atoms with E-state index in [4.69, 9.17) is 20.3 Å². The van der Waals surface area contributed by atoms with Gasteiger partial charge in [0.2, 0.25) is 0 Å². The molecule has 0 aromatic carbocycles. The summed E-state index contributed by atoms with van der Waals surface area (Å²) in [5.74, 6) is -1.04. The Morgan fingerprint density at radius 1 is 1.64 bits per heavy atom. The Morgan fingerprint density at radius 3 is 2.71 bits per heavy atom. The number of aliphatic carboxylic acids is 1. The van der Waals surface area contributed by atoms with Crippen LogP contribution in [0.25, 0.3) is 0 Å². The second-order valence-electron chi connectivity index (χ2n) is 3.85. The molecule has 5 nitrogen and oxygen atoms in total. The van der Waals surface area contributed by atoms with Gasteiger partial charge in [0.25, 0.3) is 0 Å². The topological polar surface area (TPSA) is 81.8 Å². The molecule has 0 bridgehead atoms. The van der Waals surface area contributed by atoms with Crippen LogP contribution < -0.4 is 5.73 Å². The van der Waals surface area contributed by atoms with Crippen molar-refractivity contribution in [2.75, 3.05) is 19.8 Å². The van der Waals surface area contributed by atoms with Gasteiger partial charge >= 0.3 is 5.97 Å². The number of nitrogens with two attached hydrogens (primary N) is 1. The van der Waals surface area contributed by atoms with E-state index in [1.54, 1.807) is 0 Å². The molecule has 1 atom stereocenters. The van der Waals surface area contributed by atoms with E-state index in [1.807, 2.05) is 0 Å². The molecule has 1 aliphatic rings. The van der Waals surface area contributed by atoms with E-state index < -0.39 is 11.5 Å². The minimum Gasteiger partial charge on any atom is -0.480 e. The third-order valence-electron chi connectivity index (χ3n) is 2.28. The molecule has 0 saturated carbocycles. The molecule has 0 aromatic rings. The maximum Gasteiger partial charge on any atom is 0.325 e. The van der Waals surface area contributed by atoms with Crippen molar-refractivity contribution in [3.8, 4) is 0 Å². The van der Waals surface area contributed by atoms with Crippen molar-refractivity contribution in [2.24, 2.45) is 5.73 Å². The molecular weight excluding hydrogens is 186 g/mol. The van der Waals surface area contributed by atoms with Gasteiger partial charge in [-0.05, 0) is 19.8 Å². The second kappa shape index (κ2) is 4.72. The van der Waals surface area contributed by atoms with Crippen LogP contribution >= 0.6 is 0 Å². The third kappa shape index (κ3) is 3.25. The van der Waals surface area contributed by atoms with Crippen LogP contribution in [-0.2, 0) is 14.3 Å². The predicted molar refractivity (Wildman–Crippen MR) is 50.0 cm³/mol. The molecule has 1 aliphatic heterocycles. The fraction of sp³-hybridized carbons (Fsp3) is 0.889. The van der Waals surface area contributed by atoms with Gasteiger partial charge in [0, 0.05) is 13.2 Å². The highest BCUT2D eigenvalue weighted by molar-refractivity contribution is 5.77. The number of hydrogen-bond acceptors (Lipinski definition) is 4. The van der Waals surface area contributed by atoms with Crippen LogP contribution in [0.3, 0.4) is 0 Å². The molecule has 1 heterocycles. The molecule has 1 fully saturated rings. The monoisotopic (exact) mass is 203 g/mol. The normalized spacial score (nSPS) is 23.0. The SMILES string of the molecule is CC(N)(COC1CCOCC1)C(=O)O. The minimum absolute atomic E-state index is 0.0486. The molecule has 0 spiro atoms. The summed E-state index contributed by atoms with van der Waals surface area (Å²) in [7, 11) is 0. The van der Waals surface area contributed by atoms with E-state index in [-0.39, 0.29) is 12.7 Å². The van der Waals surface area contributed by atoms with Gasteiger partial charge < -0.3 is 20.3 Å². The van der Waals surface area contributed by atoms with Gasteiger partial charge in [0.15, 0.2) is 0 Å². The molecule has 14 heavy (non-hydrogen) atoms. The summed E-state index contributed by atoms with van der Waals surface area (Å²) in [5, 5.41) is 8.74. The summed E-state index contributed by atoms with van der Waals surface area (Å²) in [5.41, 5.74) is 4.23. The van der Waals surface area contributed by atoms with Crippen molar-refractivity contribution >= 4 is 5.97 Å². The van der Waals surface area contributed by atoms with Gasteiger partial charge in [-0.1, -0.05) is 0 Å². The maximum absolute atomic E-state index is 10.7. The summed E-state index contributed by atoms with van der Waals surface area (Å²) in [6, 6.07) is 0. The Labute approximate surface area is 83.2 Å². The van der Waals surface area contributed by atoms with E-state index in [1.165, 1.54) is 6.92 Å². The Morgan fingerprint density at radius 2 is 2.21 bits per heavy atom. The molecule has 5 heteroatoms. The number of ether oxygens (including phenoxy) is 2. The number of carbonyl (C=O) groups is 1. The highest BCUT2D eigenvalue weighted by Gasteiger charge is 2.29. The molecule has 0 aromatic heterocycles. The lowest BCUT2D eigenvalue weighted by atomic mass is 10.1. The van der Waals surface area contributed by atoms with Crippen molar-refractivity contribution in [2.45, 2.75) is 31.4 Å². The smallest absolute Gasteiger partial charge is 0.325 e. The van der Waals surface area contributed by atoms with E-state index in [0.717, 1.165) is 12.8 Å². The molecule has 0 amide bonds. The molecule has 1 unspecified atom stereocenters. The minimum atomic E-state index is -1.29. The Hall–Kier alpha value is -0.650. The lowest BCUT2D eigenvalue weighted by Crippen LogP contribution is -2.50. The lowest BCUT2D eigenvalue weighted by Gasteiger charge is -2.26. The van der Waals surface area contributed by atoms with Crippen LogP contribution in [0.2, 0.25) is 0 Å². The fourth-order valence-electron chi connectivity index (χ4n) is 1.20. The van der Waals surface area contributed by atoms with E-state index in [2.05, 4.69) is 0 Å². The van der Waals surface area contributed by atoms with Gasteiger partial charge in [0.1, 0.15) is 5.54 Å². The second-order valence-corrected chi connectivity index (χ2v) is 3.85. The predicted octanol–water partition coefficient (Wildman–Crippen LogP) is -0.0160. The zero-order chi connectivity index (χ0) is 10.6. The van der Waals surface area contributed by atoms with Gasteiger partial charge in [-0.25, -0.2) is 0 Å². The zero-order valence-electron chi connectivity index (χ0n) is 8.36. The van der Waals surface area contributed by atoms with E-state index in [9.17, 15) is 4.79 Å². The average molecular weight is 203 g/mol. The molecule has 0 aliphatic carbocycles. The molecule has 3 N–H and O–H groups in total. The molecule has 82 valence electrons. The van der Waals surface area contributed by atoms with Gasteiger partial charge in [-0.2, -0.15) is 0 Å². The standard InChI is InChI=1S/C9H17NO4/c1-9(10,8(11)12)6-14-7-2-4-13-5-3-7/h7H,2-6,10H2,1H3,(H,11,12). The zero-order valence-corrected chi connectivity index (χ0v) is 8.36. The van der Waals surface area contributed by atoms with Crippen molar-refractivity contribution < 1.29 is 19.4 Å². The van der Waals surface area contributed by atoms with Crippen LogP contribution in [0.15, 0.2) is 0 Å². The Bertz CT molecular complexity index is 199. The van der Waals surface area contributed by atoms with Crippen molar-refractivity contribution in [1.29, 1.82) is 0 Å². The van der Waals surface area contributed by atoms with Gasteiger partial charge in [0.05, 0.1) is 12.7 Å². The third-order valence-corrected chi connectivity index (χ3v) is 2.28. The van der Waals surface area contributed by atoms with Crippen molar-refractivity contribution in [3.63, 3.8) is 0 Å². The van der Waals surface area contributed by atoms with Crippen molar-refractivity contribution in [1.82, 2.24) is 0 Å². The number of carboxylic acid groups (broad SMARTS) is 1. The first kappa shape index (κ1) is 11.4. The highest BCUT2D eigenvalue weighted by atomic mass is 16.5. The quantitative estimate of drug-likeness (QED) is 0.671. The number of rotatable bonds is 4. The first-order chi connectivity index (χ1) is 6.52. The van der Waals surface area contributed by atoms with Crippen LogP contribution in [0, 0.1) is 0 Å². The van der Waals surface area contributed by atoms with Crippen molar-refractivity contribution in [3.05, 3.63) is 0 Å². The Balaban J connectivity index is 2.28. The van der Waals surface area contributed by atoms with Crippen LogP contribution in [0.1, 0.15) is 19.8 Å². The maximum atomic E-state index is 10.7. The largest absolute Gasteiger partial charge is 0.480 e. The van der Waals surface area contributed by atoms with Crippen LogP contribution in [0.5, 0.6) is 0 Å². The average Bonchev–Trinajstić information content (AvgIpc) is 2.16. The lowest BCUT2D eigenvalue weighted by molar-refractivity contribution is -0.146. The first-order valence-corrected chi connectivity index (χ1v) is 4.74. The molecular formula is C9H17NO4. The summed E-state index contributed by atoms with van der Waals surface area (Å²) >= 11 is 0. The molecule has 0 radical (unpaired) electrons. The summed E-state index contributed by atoms with van der Waals surface area (Å²) < 4.78 is 10.6.